The third-order valence-electron chi connectivity index (χ3n) is 1.23. The molecule has 0 saturated carbocycles. The number of halogens is 2. The molecular formula is C6H8F2N2O. The predicted octanol–water partition coefficient (Wildman–Crippen LogP) is 1.42. The molecule has 1 aromatic heterocycles. The lowest BCUT2D eigenvalue weighted by atomic mass is 10.4. The molecule has 0 aliphatic heterocycles. The lowest BCUT2D eigenvalue weighted by Crippen LogP contribution is -2.05. The highest BCUT2D eigenvalue weighted by Crippen LogP contribution is 2.11. The van der Waals surface area contributed by atoms with Crippen LogP contribution in [0.3, 0.4) is 0 Å². The number of methoxy groups -OCH3 is 1. The van der Waals surface area contributed by atoms with Crippen molar-refractivity contribution in [1.82, 2.24) is 9.78 Å². The van der Waals surface area contributed by atoms with Crippen LogP contribution in [0.25, 0.3) is 0 Å². The molecule has 3 nitrogen and oxygen atoms in total. The Bertz CT molecular complexity index is 224. The van der Waals surface area contributed by atoms with Gasteiger partial charge in [-0.2, -0.15) is 13.9 Å². The topological polar surface area (TPSA) is 27.1 Å². The molecule has 0 saturated heterocycles. The molecule has 0 aliphatic rings. The van der Waals surface area contributed by atoms with E-state index in [0.29, 0.717) is 10.4 Å². The Morgan fingerprint density at radius 1 is 1.73 bits per heavy atom. The van der Waals surface area contributed by atoms with E-state index in [9.17, 15) is 8.78 Å². The van der Waals surface area contributed by atoms with Crippen LogP contribution < -0.4 is 0 Å². The van der Waals surface area contributed by atoms with Crippen molar-refractivity contribution in [2.75, 3.05) is 7.11 Å². The fourth-order valence-corrected chi connectivity index (χ4v) is 0.780. The van der Waals surface area contributed by atoms with Gasteiger partial charge in [0.25, 0.3) is 0 Å². The van der Waals surface area contributed by atoms with E-state index in [4.69, 9.17) is 0 Å². The van der Waals surface area contributed by atoms with Crippen molar-refractivity contribution in [2.24, 2.45) is 0 Å². The highest BCUT2D eigenvalue weighted by molar-refractivity contribution is 4.98. The lowest BCUT2D eigenvalue weighted by molar-refractivity contribution is 0.0463. The van der Waals surface area contributed by atoms with E-state index in [1.165, 1.54) is 19.4 Å². The third-order valence-corrected chi connectivity index (χ3v) is 1.23. The molecule has 0 aliphatic carbocycles. The van der Waals surface area contributed by atoms with Gasteiger partial charge in [0.1, 0.15) is 0 Å². The third kappa shape index (κ3) is 1.74. The number of nitrogens with zero attached hydrogens (tertiary/aromatic N) is 2. The van der Waals surface area contributed by atoms with Gasteiger partial charge >= 0.3 is 6.55 Å². The molecule has 0 fully saturated rings. The highest BCUT2D eigenvalue weighted by Gasteiger charge is 2.10. The summed E-state index contributed by atoms with van der Waals surface area (Å²) in [5.74, 6) is 0. The Kier molecular flexibility index (Phi) is 2.53. The molecule has 0 aromatic carbocycles. The van der Waals surface area contributed by atoms with Gasteiger partial charge in [-0.15, -0.1) is 0 Å². The van der Waals surface area contributed by atoms with Crippen LogP contribution in [0.2, 0.25) is 0 Å². The molecule has 0 N–H and O–H groups in total. The number of aromatic nitrogens is 2. The zero-order valence-corrected chi connectivity index (χ0v) is 6.00. The Balaban J connectivity index is 2.78. The van der Waals surface area contributed by atoms with E-state index >= 15 is 0 Å². The molecule has 0 radical (unpaired) electrons. The maximum Gasteiger partial charge on any atom is 0.333 e. The maximum absolute atomic E-state index is 12.0. The lowest BCUT2D eigenvalue weighted by Gasteiger charge is -2.03. The van der Waals surface area contributed by atoms with E-state index in [0.717, 1.165) is 0 Å². The molecule has 0 unspecified atom stereocenters. The predicted molar refractivity (Wildman–Crippen MR) is 34.2 cm³/mol. The Morgan fingerprint density at radius 3 is 3.00 bits per heavy atom. The van der Waals surface area contributed by atoms with Gasteiger partial charge in [0.05, 0.1) is 12.3 Å². The van der Waals surface area contributed by atoms with E-state index in [1.807, 2.05) is 0 Å². The van der Waals surface area contributed by atoms with Crippen molar-refractivity contribution in [2.45, 2.75) is 13.2 Å². The summed E-state index contributed by atoms with van der Waals surface area (Å²) >= 11 is 0. The first-order chi connectivity index (χ1) is 5.25. The van der Waals surface area contributed by atoms with Crippen LogP contribution in [0.4, 0.5) is 8.78 Å². The van der Waals surface area contributed by atoms with Crippen LogP contribution in [0.1, 0.15) is 12.2 Å². The molecule has 1 rings (SSSR count). The van der Waals surface area contributed by atoms with Crippen molar-refractivity contribution in [3.05, 3.63) is 18.0 Å². The molecule has 0 bridgehead atoms. The van der Waals surface area contributed by atoms with Gasteiger partial charge in [-0.25, -0.2) is 4.68 Å². The van der Waals surface area contributed by atoms with Gasteiger partial charge in [0, 0.05) is 13.3 Å². The average Bonchev–Trinajstić information content (AvgIpc) is 2.36. The van der Waals surface area contributed by atoms with Crippen LogP contribution in [0.5, 0.6) is 0 Å². The summed E-state index contributed by atoms with van der Waals surface area (Å²) in [7, 11) is 1.45. The molecule has 0 amide bonds. The minimum atomic E-state index is -2.59. The largest absolute Gasteiger partial charge is 0.378 e. The second kappa shape index (κ2) is 3.43. The fraction of sp³-hybridized carbons (Fsp3) is 0.500. The number of rotatable bonds is 3. The van der Waals surface area contributed by atoms with Gasteiger partial charge in [0.15, 0.2) is 0 Å². The SMILES string of the molecule is COCc1ccnn1C(F)F. The maximum atomic E-state index is 12.0. The zero-order valence-electron chi connectivity index (χ0n) is 6.00. The normalized spacial score (nSPS) is 10.9. The summed E-state index contributed by atoms with van der Waals surface area (Å²) in [5, 5.41) is 3.42. The first-order valence-corrected chi connectivity index (χ1v) is 3.05. The molecule has 1 heterocycles. The summed E-state index contributed by atoms with van der Waals surface area (Å²) in [6.07, 6.45) is 1.32. The first kappa shape index (κ1) is 8.13. The molecule has 0 spiro atoms. The van der Waals surface area contributed by atoms with Gasteiger partial charge < -0.3 is 4.74 Å². The minimum Gasteiger partial charge on any atom is -0.378 e. The number of alkyl halides is 2. The first-order valence-electron chi connectivity index (χ1n) is 3.05. The van der Waals surface area contributed by atoms with Crippen molar-refractivity contribution in [3.63, 3.8) is 0 Å². The van der Waals surface area contributed by atoms with Crippen molar-refractivity contribution < 1.29 is 13.5 Å². The van der Waals surface area contributed by atoms with Crippen LogP contribution >= 0.6 is 0 Å². The smallest absolute Gasteiger partial charge is 0.333 e. The van der Waals surface area contributed by atoms with Gasteiger partial charge in [-0.1, -0.05) is 0 Å². The quantitative estimate of drug-likeness (QED) is 0.672. The second-order valence-electron chi connectivity index (χ2n) is 1.98. The highest BCUT2D eigenvalue weighted by atomic mass is 19.3. The van der Waals surface area contributed by atoms with Crippen LogP contribution in [-0.4, -0.2) is 16.9 Å². The molecule has 11 heavy (non-hydrogen) atoms. The summed E-state index contributed by atoms with van der Waals surface area (Å²) in [6.45, 7) is -2.43. The standard InChI is InChI=1S/C6H8F2N2O/c1-11-4-5-2-3-9-10(5)6(7)8/h2-3,6H,4H2,1H3. The van der Waals surface area contributed by atoms with Crippen molar-refractivity contribution >= 4 is 0 Å². The number of ether oxygens (including phenoxy) is 1. The van der Waals surface area contributed by atoms with Crippen LogP contribution in [-0.2, 0) is 11.3 Å². The van der Waals surface area contributed by atoms with Crippen molar-refractivity contribution in [3.8, 4) is 0 Å². The van der Waals surface area contributed by atoms with E-state index in [1.54, 1.807) is 0 Å². The molecule has 62 valence electrons. The van der Waals surface area contributed by atoms with Gasteiger partial charge in [0.2, 0.25) is 0 Å². The molecular weight excluding hydrogens is 154 g/mol. The summed E-state index contributed by atoms with van der Waals surface area (Å²) in [6, 6.07) is 1.50. The van der Waals surface area contributed by atoms with Gasteiger partial charge in [-0.05, 0) is 6.07 Å². The minimum absolute atomic E-state index is 0.157. The Morgan fingerprint density at radius 2 is 2.45 bits per heavy atom. The molecule has 1 aromatic rings. The Hall–Kier alpha value is -0.970. The zero-order chi connectivity index (χ0) is 8.27. The van der Waals surface area contributed by atoms with Crippen molar-refractivity contribution in [1.29, 1.82) is 0 Å². The monoisotopic (exact) mass is 162 g/mol. The van der Waals surface area contributed by atoms with Crippen LogP contribution in [0, 0.1) is 0 Å². The average molecular weight is 162 g/mol. The van der Waals surface area contributed by atoms with Gasteiger partial charge in [-0.3, -0.25) is 0 Å². The summed E-state index contributed by atoms with van der Waals surface area (Å²) in [4.78, 5) is 0. The molecule has 0 atom stereocenters. The number of hydrogen-bond donors (Lipinski definition) is 0. The molecule has 5 heteroatoms. The van der Waals surface area contributed by atoms with Crippen LogP contribution in [0.15, 0.2) is 12.3 Å². The van der Waals surface area contributed by atoms with E-state index in [-0.39, 0.29) is 6.61 Å². The second-order valence-corrected chi connectivity index (χ2v) is 1.98. The summed E-state index contributed by atoms with van der Waals surface area (Å²) < 4.78 is 29.4. The number of hydrogen-bond acceptors (Lipinski definition) is 2. The van der Waals surface area contributed by atoms with E-state index < -0.39 is 6.55 Å². The summed E-state index contributed by atoms with van der Waals surface area (Å²) in [5.41, 5.74) is 0.377. The fourth-order valence-electron chi connectivity index (χ4n) is 0.780. The van der Waals surface area contributed by atoms with E-state index in [2.05, 4.69) is 9.84 Å². The Labute approximate surface area is 62.6 Å².